The molecular weight excluding hydrogens is 174 g/mol. The maximum Gasteiger partial charge on any atom is 0.139 e. The number of aryl methyl sites for hydroxylation is 1. The molecule has 0 fully saturated rings. The summed E-state index contributed by atoms with van der Waals surface area (Å²) in [7, 11) is 0. The van der Waals surface area contributed by atoms with Crippen LogP contribution >= 0.6 is 11.3 Å². The van der Waals surface area contributed by atoms with E-state index in [9.17, 15) is 9.90 Å². The van der Waals surface area contributed by atoms with Crippen molar-refractivity contribution in [1.82, 2.24) is 4.98 Å². The van der Waals surface area contributed by atoms with Crippen LogP contribution in [0.2, 0.25) is 0 Å². The number of aromatic nitrogens is 1. The van der Waals surface area contributed by atoms with Crippen LogP contribution in [0.15, 0.2) is 5.38 Å². The minimum atomic E-state index is -1.18. The van der Waals surface area contributed by atoms with Crippen LogP contribution in [0.25, 0.3) is 0 Å². The van der Waals surface area contributed by atoms with Crippen molar-refractivity contribution in [2.45, 2.75) is 26.2 Å². The second-order valence-electron chi connectivity index (χ2n) is 2.54. The summed E-state index contributed by atoms with van der Waals surface area (Å²) in [5, 5.41) is 12.2. The van der Waals surface area contributed by atoms with E-state index in [0.717, 1.165) is 36.3 Å². The van der Waals surface area contributed by atoms with Gasteiger partial charge in [-0.25, -0.2) is 4.98 Å². The number of hydrogen-bond donors (Lipinski definition) is 0. The number of carbonyl (C=O) groups is 1. The zero-order chi connectivity index (χ0) is 8.97. The fourth-order valence-electron chi connectivity index (χ4n) is 0.873. The average Bonchev–Trinajstić information content (AvgIpc) is 2.48. The fourth-order valence-corrected chi connectivity index (χ4v) is 1.56. The van der Waals surface area contributed by atoms with Crippen LogP contribution in [0.3, 0.4) is 0 Å². The molecule has 1 aromatic heterocycles. The SMILES string of the molecule is CCCCc1csc(C(=O)[O-])n1. The molecule has 0 unspecified atom stereocenters. The molecule has 0 bridgehead atoms. The van der Waals surface area contributed by atoms with Gasteiger partial charge in [-0.15, -0.1) is 11.3 Å². The van der Waals surface area contributed by atoms with Crippen LogP contribution in [0.1, 0.15) is 35.3 Å². The first-order valence-electron chi connectivity index (χ1n) is 3.89. The lowest BCUT2D eigenvalue weighted by Crippen LogP contribution is -2.21. The van der Waals surface area contributed by atoms with Crippen molar-refractivity contribution in [3.8, 4) is 0 Å². The molecule has 0 saturated carbocycles. The van der Waals surface area contributed by atoms with Gasteiger partial charge in [-0.3, -0.25) is 0 Å². The predicted octanol–water partition coefficient (Wildman–Crippen LogP) is 0.849. The second-order valence-corrected chi connectivity index (χ2v) is 3.39. The van der Waals surface area contributed by atoms with Crippen molar-refractivity contribution < 1.29 is 9.90 Å². The van der Waals surface area contributed by atoms with E-state index in [1.165, 1.54) is 0 Å². The minimum Gasteiger partial charge on any atom is -0.542 e. The Kier molecular flexibility index (Phi) is 3.22. The molecule has 1 rings (SSSR count). The average molecular weight is 184 g/mol. The molecule has 66 valence electrons. The summed E-state index contributed by atoms with van der Waals surface area (Å²) in [6, 6.07) is 0. The van der Waals surface area contributed by atoms with Crippen LogP contribution in [0.4, 0.5) is 0 Å². The smallest absolute Gasteiger partial charge is 0.139 e. The van der Waals surface area contributed by atoms with Crippen LogP contribution in [-0.2, 0) is 6.42 Å². The summed E-state index contributed by atoms with van der Waals surface area (Å²) in [5.74, 6) is -1.18. The van der Waals surface area contributed by atoms with Gasteiger partial charge in [-0.05, 0) is 12.8 Å². The molecule has 0 saturated heterocycles. The van der Waals surface area contributed by atoms with Gasteiger partial charge in [0.25, 0.3) is 0 Å². The maximum atomic E-state index is 10.3. The van der Waals surface area contributed by atoms with Gasteiger partial charge in [0.15, 0.2) is 0 Å². The maximum absolute atomic E-state index is 10.3. The Labute approximate surface area is 75.1 Å². The second kappa shape index (κ2) is 4.21. The quantitative estimate of drug-likeness (QED) is 0.697. The first-order valence-corrected chi connectivity index (χ1v) is 4.77. The number of carboxylic acids is 1. The number of hydrogen-bond acceptors (Lipinski definition) is 4. The Morgan fingerprint density at radius 1 is 1.75 bits per heavy atom. The summed E-state index contributed by atoms with van der Waals surface area (Å²) in [4.78, 5) is 14.2. The third kappa shape index (κ3) is 2.30. The summed E-state index contributed by atoms with van der Waals surface area (Å²) < 4.78 is 0. The lowest BCUT2D eigenvalue weighted by molar-refractivity contribution is -0.255. The molecule has 0 radical (unpaired) electrons. The number of rotatable bonds is 4. The van der Waals surface area contributed by atoms with Gasteiger partial charge in [0.2, 0.25) is 0 Å². The number of carbonyl (C=O) groups excluding carboxylic acids is 1. The Bertz CT molecular complexity index is 270. The van der Waals surface area contributed by atoms with Gasteiger partial charge in [0.05, 0.1) is 5.69 Å². The summed E-state index contributed by atoms with van der Waals surface area (Å²) >= 11 is 1.13. The zero-order valence-corrected chi connectivity index (χ0v) is 7.69. The highest BCUT2D eigenvalue weighted by Crippen LogP contribution is 2.10. The van der Waals surface area contributed by atoms with E-state index in [1.807, 2.05) is 0 Å². The van der Waals surface area contributed by atoms with Crippen molar-refractivity contribution in [3.63, 3.8) is 0 Å². The number of thiazole rings is 1. The number of unbranched alkanes of at least 4 members (excludes halogenated alkanes) is 1. The molecule has 1 heterocycles. The fraction of sp³-hybridized carbons (Fsp3) is 0.500. The molecule has 0 aliphatic heterocycles. The highest BCUT2D eigenvalue weighted by molar-refractivity contribution is 7.11. The number of aromatic carboxylic acids is 1. The Morgan fingerprint density at radius 3 is 3.00 bits per heavy atom. The van der Waals surface area contributed by atoms with Gasteiger partial charge >= 0.3 is 0 Å². The first-order chi connectivity index (χ1) is 5.74. The topological polar surface area (TPSA) is 53.0 Å². The van der Waals surface area contributed by atoms with Gasteiger partial charge in [0.1, 0.15) is 11.0 Å². The van der Waals surface area contributed by atoms with E-state index >= 15 is 0 Å². The Hall–Kier alpha value is -0.900. The van der Waals surface area contributed by atoms with E-state index in [0.29, 0.717) is 0 Å². The van der Waals surface area contributed by atoms with Crippen LogP contribution < -0.4 is 5.11 Å². The zero-order valence-electron chi connectivity index (χ0n) is 6.87. The van der Waals surface area contributed by atoms with E-state index in [4.69, 9.17) is 0 Å². The Balaban J connectivity index is 2.58. The molecule has 0 aliphatic rings. The number of carboxylic acid groups (broad SMARTS) is 1. The van der Waals surface area contributed by atoms with Gasteiger partial charge in [-0.1, -0.05) is 13.3 Å². The number of nitrogens with zero attached hydrogens (tertiary/aromatic N) is 1. The van der Waals surface area contributed by atoms with E-state index < -0.39 is 5.97 Å². The van der Waals surface area contributed by atoms with E-state index in [-0.39, 0.29) is 5.01 Å². The third-order valence-electron chi connectivity index (χ3n) is 1.51. The largest absolute Gasteiger partial charge is 0.542 e. The van der Waals surface area contributed by atoms with Crippen molar-refractivity contribution in [1.29, 1.82) is 0 Å². The lowest BCUT2D eigenvalue weighted by Gasteiger charge is -1.93. The van der Waals surface area contributed by atoms with Crippen molar-refractivity contribution in [3.05, 3.63) is 16.1 Å². The van der Waals surface area contributed by atoms with E-state index in [2.05, 4.69) is 11.9 Å². The van der Waals surface area contributed by atoms with Crippen molar-refractivity contribution in [2.24, 2.45) is 0 Å². The molecule has 1 aromatic rings. The lowest BCUT2D eigenvalue weighted by atomic mass is 10.2. The summed E-state index contributed by atoms with van der Waals surface area (Å²) in [6.07, 6.45) is 3.01. The van der Waals surface area contributed by atoms with Crippen LogP contribution in [0.5, 0.6) is 0 Å². The van der Waals surface area contributed by atoms with Gasteiger partial charge in [0, 0.05) is 5.38 Å². The van der Waals surface area contributed by atoms with Crippen molar-refractivity contribution in [2.75, 3.05) is 0 Å². The molecule has 0 aromatic carbocycles. The molecule has 0 atom stereocenters. The van der Waals surface area contributed by atoms with Gasteiger partial charge < -0.3 is 9.90 Å². The van der Waals surface area contributed by atoms with Gasteiger partial charge in [-0.2, -0.15) is 0 Å². The highest BCUT2D eigenvalue weighted by Gasteiger charge is 2.01. The molecular formula is C8H10NO2S-. The van der Waals surface area contributed by atoms with E-state index in [1.54, 1.807) is 5.38 Å². The van der Waals surface area contributed by atoms with Crippen LogP contribution in [0, 0.1) is 0 Å². The molecule has 0 N–H and O–H groups in total. The first kappa shape index (κ1) is 9.19. The molecule has 12 heavy (non-hydrogen) atoms. The standard InChI is InChI=1S/C8H11NO2S/c1-2-3-4-6-5-12-7(9-6)8(10)11/h5H,2-4H2,1H3,(H,10,11)/p-1. The normalized spacial score (nSPS) is 10.1. The monoisotopic (exact) mass is 184 g/mol. The van der Waals surface area contributed by atoms with Crippen LogP contribution in [-0.4, -0.2) is 11.0 Å². The molecule has 0 aliphatic carbocycles. The minimum absolute atomic E-state index is 0.0844. The molecule has 4 heteroatoms. The molecule has 0 amide bonds. The summed E-state index contributed by atoms with van der Waals surface area (Å²) in [6.45, 7) is 2.09. The predicted molar refractivity (Wildman–Crippen MR) is 45.1 cm³/mol. The van der Waals surface area contributed by atoms with Crippen molar-refractivity contribution >= 4 is 17.3 Å². The third-order valence-corrected chi connectivity index (χ3v) is 2.38. The highest BCUT2D eigenvalue weighted by atomic mass is 32.1. The Morgan fingerprint density at radius 2 is 2.50 bits per heavy atom. The molecule has 0 spiro atoms. The molecule has 3 nitrogen and oxygen atoms in total. The summed E-state index contributed by atoms with van der Waals surface area (Å²) in [5.41, 5.74) is 0.862.